The fraction of sp³-hybridized carbons (Fsp3) is 0.824. The number of hydrogen-bond acceptors (Lipinski definition) is 2. The number of ketones is 1. The zero-order valence-electron chi connectivity index (χ0n) is 12.7. The number of terminal acetylenes is 1. The number of unbranched alkanes of at least 4 members (excludes halogenated alkanes) is 9. The van der Waals surface area contributed by atoms with Gasteiger partial charge in [0.25, 0.3) is 0 Å². The second kappa shape index (κ2) is 15.2. The molecule has 0 atom stereocenters. The van der Waals surface area contributed by atoms with Gasteiger partial charge in [-0.25, -0.2) is 0 Å². The first-order valence-electron chi connectivity index (χ1n) is 7.97. The summed E-state index contributed by atoms with van der Waals surface area (Å²) in [6.45, 7) is 3.18. The lowest BCUT2D eigenvalue weighted by Crippen LogP contribution is -2.22. The molecule has 110 valence electrons. The Labute approximate surface area is 119 Å². The van der Waals surface area contributed by atoms with Gasteiger partial charge in [0.15, 0.2) is 0 Å². The van der Waals surface area contributed by atoms with Crippen LogP contribution in [0.2, 0.25) is 0 Å². The van der Waals surface area contributed by atoms with Gasteiger partial charge in [-0.2, -0.15) is 0 Å². The number of carbonyl (C=O) groups is 1. The van der Waals surface area contributed by atoms with Crippen molar-refractivity contribution >= 4 is 5.78 Å². The summed E-state index contributed by atoms with van der Waals surface area (Å²) in [6, 6.07) is 0. The third-order valence-electron chi connectivity index (χ3n) is 3.36. The van der Waals surface area contributed by atoms with Crippen molar-refractivity contribution in [1.82, 2.24) is 5.32 Å². The maximum absolute atomic E-state index is 11.4. The number of nitrogens with one attached hydrogen (secondary N) is 1. The average molecular weight is 265 g/mol. The maximum atomic E-state index is 11.4. The van der Waals surface area contributed by atoms with Gasteiger partial charge in [0.05, 0.1) is 13.1 Å². The van der Waals surface area contributed by atoms with Crippen LogP contribution < -0.4 is 5.32 Å². The van der Waals surface area contributed by atoms with E-state index in [1.54, 1.807) is 0 Å². The third kappa shape index (κ3) is 15.1. The van der Waals surface area contributed by atoms with Gasteiger partial charge >= 0.3 is 0 Å². The number of rotatable bonds is 14. The Hall–Kier alpha value is -0.810. The highest BCUT2D eigenvalue weighted by Gasteiger charge is 2.00. The lowest BCUT2D eigenvalue weighted by molar-refractivity contribution is -0.118. The van der Waals surface area contributed by atoms with E-state index < -0.39 is 0 Å². The first-order valence-corrected chi connectivity index (χ1v) is 7.97. The van der Waals surface area contributed by atoms with Crippen molar-refractivity contribution in [3.8, 4) is 12.3 Å². The van der Waals surface area contributed by atoms with Gasteiger partial charge < -0.3 is 0 Å². The summed E-state index contributed by atoms with van der Waals surface area (Å²) < 4.78 is 0. The van der Waals surface area contributed by atoms with Crippen LogP contribution in [0.25, 0.3) is 0 Å². The van der Waals surface area contributed by atoms with Crippen LogP contribution in [0.3, 0.4) is 0 Å². The molecule has 0 unspecified atom stereocenters. The molecule has 0 aromatic heterocycles. The van der Waals surface area contributed by atoms with E-state index in [2.05, 4.69) is 18.2 Å². The Balaban J connectivity index is 3.10. The molecule has 0 rings (SSSR count). The Morgan fingerprint density at radius 3 is 2.00 bits per heavy atom. The van der Waals surface area contributed by atoms with Crippen molar-refractivity contribution in [3.63, 3.8) is 0 Å². The number of Topliss-reactive ketones (excluding diaryl/α,β-unsaturated/α-hetero) is 1. The monoisotopic (exact) mass is 265 g/mol. The summed E-state index contributed by atoms with van der Waals surface area (Å²) >= 11 is 0. The second-order valence-corrected chi connectivity index (χ2v) is 5.28. The number of hydrogen-bond donors (Lipinski definition) is 1. The third-order valence-corrected chi connectivity index (χ3v) is 3.36. The van der Waals surface area contributed by atoms with Crippen molar-refractivity contribution < 1.29 is 4.79 Å². The summed E-state index contributed by atoms with van der Waals surface area (Å²) in [5, 5.41) is 2.93. The zero-order valence-corrected chi connectivity index (χ0v) is 12.7. The van der Waals surface area contributed by atoms with Gasteiger partial charge in [-0.05, 0) is 6.42 Å². The molecule has 0 saturated heterocycles. The molecule has 0 aromatic rings. The molecule has 0 aromatic carbocycles. The second-order valence-electron chi connectivity index (χ2n) is 5.28. The van der Waals surface area contributed by atoms with Crippen molar-refractivity contribution in [1.29, 1.82) is 0 Å². The molecule has 0 aliphatic rings. The summed E-state index contributed by atoms with van der Waals surface area (Å²) in [7, 11) is 0. The zero-order chi connectivity index (χ0) is 14.2. The van der Waals surface area contributed by atoms with Crippen LogP contribution >= 0.6 is 0 Å². The van der Waals surface area contributed by atoms with Gasteiger partial charge in [0, 0.05) is 6.42 Å². The van der Waals surface area contributed by atoms with Crippen LogP contribution in [0.15, 0.2) is 0 Å². The minimum atomic E-state index is 0.287. The molecule has 0 spiro atoms. The summed E-state index contributed by atoms with van der Waals surface area (Å²) in [6.07, 6.45) is 18.9. The molecule has 0 aliphatic heterocycles. The molecule has 0 fully saturated rings. The lowest BCUT2D eigenvalue weighted by Gasteiger charge is -2.03. The van der Waals surface area contributed by atoms with E-state index in [-0.39, 0.29) is 5.78 Å². The van der Waals surface area contributed by atoms with E-state index in [9.17, 15) is 4.79 Å². The van der Waals surface area contributed by atoms with E-state index in [4.69, 9.17) is 6.42 Å². The fourth-order valence-corrected chi connectivity index (χ4v) is 2.17. The Morgan fingerprint density at radius 1 is 0.947 bits per heavy atom. The summed E-state index contributed by atoms with van der Waals surface area (Å²) in [5.41, 5.74) is 0. The summed E-state index contributed by atoms with van der Waals surface area (Å²) in [4.78, 5) is 11.4. The van der Waals surface area contributed by atoms with Crippen molar-refractivity contribution in [2.24, 2.45) is 0 Å². The number of carbonyl (C=O) groups excluding carboxylic acids is 1. The van der Waals surface area contributed by atoms with Crippen LogP contribution in [-0.4, -0.2) is 18.9 Å². The first kappa shape index (κ1) is 18.2. The smallest absolute Gasteiger partial charge is 0.146 e. The molecule has 0 heterocycles. The summed E-state index contributed by atoms with van der Waals surface area (Å²) in [5.74, 6) is 2.76. The molecule has 0 aliphatic carbocycles. The Kier molecular flexibility index (Phi) is 14.6. The van der Waals surface area contributed by atoms with E-state index >= 15 is 0 Å². The minimum Gasteiger partial charge on any atom is -0.299 e. The van der Waals surface area contributed by atoms with Crippen LogP contribution in [-0.2, 0) is 4.79 Å². The average Bonchev–Trinajstić information content (AvgIpc) is 2.41. The van der Waals surface area contributed by atoms with Crippen molar-refractivity contribution in [2.75, 3.05) is 13.1 Å². The largest absolute Gasteiger partial charge is 0.299 e. The molecular formula is C17H31NO. The van der Waals surface area contributed by atoms with Crippen LogP contribution in [0, 0.1) is 12.3 Å². The van der Waals surface area contributed by atoms with E-state index in [1.807, 2.05) is 0 Å². The minimum absolute atomic E-state index is 0.287. The van der Waals surface area contributed by atoms with Gasteiger partial charge in [-0.1, -0.05) is 70.6 Å². The standard InChI is InChI=1S/C17H31NO/c1-3-5-6-7-8-9-10-11-12-13-14-17(19)16-18-15-4-2/h2,18H,3,5-16H2,1H3. The molecule has 0 amide bonds. The highest BCUT2D eigenvalue weighted by Crippen LogP contribution is 2.11. The molecule has 0 bridgehead atoms. The van der Waals surface area contributed by atoms with Crippen LogP contribution in [0.5, 0.6) is 0 Å². The van der Waals surface area contributed by atoms with Gasteiger partial charge in [-0.3, -0.25) is 10.1 Å². The maximum Gasteiger partial charge on any atom is 0.146 e. The lowest BCUT2D eigenvalue weighted by atomic mass is 10.1. The SMILES string of the molecule is C#CCNCC(=O)CCCCCCCCCCCC. The van der Waals surface area contributed by atoms with E-state index in [1.165, 1.54) is 57.8 Å². The quantitative estimate of drug-likeness (QED) is 0.378. The highest BCUT2D eigenvalue weighted by atomic mass is 16.1. The van der Waals surface area contributed by atoms with E-state index in [0.717, 1.165) is 6.42 Å². The fourth-order valence-electron chi connectivity index (χ4n) is 2.17. The first-order chi connectivity index (χ1) is 9.31. The normalized spacial score (nSPS) is 10.3. The Morgan fingerprint density at radius 2 is 1.47 bits per heavy atom. The molecular weight excluding hydrogens is 234 g/mol. The predicted octanol–water partition coefficient (Wildman–Crippen LogP) is 4.09. The molecule has 0 saturated carbocycles. The molecule has 0 radical (unpaired) electrons. The highest BCUT2D eigenvalue weighted by molar-refractivity contribution is 5.80. The van der Waals surface area contributed by atoms with Gasteiger partial charge in [0.1, 0.15) is 5.78 Å². The van der Waals surface area contributed by atoms with E-state index in [0.29, 0.717) is 19.5 Å². The van der Waals surface area contributed by atoms with Crippen molar-refractivity contribution in [3.05, 3.63) is 0 Å². The van der Waals surface area contributed by atoms with Gasteiger partial charge in [0.2, 0.25) is 0 Å². The predicted molar refractivity (Wildman–Crippen MR) is 83.2 cm³/mol. The van der Waals surface area contributed by atoms with Crippen LogP contribution in [0.1, 0.15) is 77.6 Å². The molecule has 2 nitrogen and oxygen atoms in total. The van der Waals surface area contributed by atoms with Gasteiger partial charge in [-0.15, -0.1) is 6.42 Å². The Bertz CT molecular complexity index is 242. The van der Waals surface area contributed by atoms with Crippen molar-refractivity contribution in [2.45, 2.75) is 77.6 Å². The molecule has 1 N–H and O–H groups in total. The molecule has 19 heavy (non-hydrogen) atoms. The molecule has 2 heteroatoms. The topological polar surface area (TPSA) is 29.1 Å². The van der Waals surface area contributed by atoms with Crippen LogP contribution in [0.4, 0.5) is 0 Å².